The molecular weight excluding hydrogens is 262 g/mol. The SMILES string of the molecule is O=C(NCc1cc(C#CCCO)cs1)c1ccoc1. The van der Waals surface area contributed by atoms with Crippen LogP contribution in [0.4, 0.5) is 0 Å². The molecule has 0 bridgehead atoms. The highest BCUT2D eigenvalue weighted by Gasteiger charge is 2.06. The zero-order chi connectivity index (χ0) is 13.5. The van der Waals surface area contributed by atoms with Gasteiger partial charge in [0.05, 0.1) is 25.0 Å². The van der Waals surface area contributed by atoms with Gasteiger partial charge in [0.15, 0.2) is 0 Å². The van der Waals surface area contributed by atoms with Crippen molar-refractivity contribution in [2.75, 3.05) is 6.61 Å². The number of aliphatic hydroxyl groups is 1. The molecule has 0 saturated heterocycles. The van der Waals surface area contributed by atoms with E-state index < -0.39 is 0 Å². The van der Waals surface area contributed by atoms with E-state index in [9.17, 15) is 4.79 Å². The van der Waals surface area contributed by atoms with E-state index in [1.807, 2.05) is 11.4 Å². The van der Waals surface area contributed by atoms with E-state index in [1.54, 1.807) is 17.4 Å². The van der Waals surface area contributed by atoms with Gasteiger partial charge in [-0.2, -0.15) is 0 Å². The average molecular weight is 275 g/mol. The quantitative estimate of drug-likeness (QED) is 0.839. The molecule has 0 saturated carbocycles. The Bertz CT molecular complexity index is 590. The minimum atomic E-state index is -0.157. The van der Waals surface area contributed by atoms with Crippen LogP contribution in [0, 0.1) is 11.8 Å². The molecule has 5 heteroatoms. The highest BCUT2D eigenvalue weighted by molar-refractivity contribution is 7.10. The van der Waals surface area contributed by atoms with Crippen molar-refractivity contribution in [1.29, 1.82) is 0 Å². The molecule has 0 atom stereocenters. The normalized spacial score (nSPS) is 9.74. The molecule has 19 heavy (non-hydrogen) atoms. The van der Waals surface area contributed by atoms with Gasteiger partial charge in [-0.25, -0.2) is 0 Å². The van der Waals surface area contributed by atoms with Gasteiger partial charge >= 0.3 is 0 Å². The molecule has 1 amide bonds. The third kappa shape index (κ3) is 3.98. The molecule has 0 fully saturated rings. The lowest BCUT2D eigenvalue weighted by Crippen LogP contribution is -2.21. The fourth-order valence-electron chi connectivity index (χ4n) is 1.42. The summed E-state index contributed by atoms with van der Waals surface area (Å²) in [4.78, 5) is 12.7. The van der Waals surface area contributed by atoms with Crippen LogP contribution in [0.1, 0.15) is 27.2 Å². The molecule has 0 spiro atoms. The number of hydrogen-bond acceptors (Lipinski definition) is 4. The summed E-state index contributed by atoms with van der Waals surface area (Å²) in [5.74, 6) is 5.66. The number of furan rings is 1. The summed E-state index contributed by atoms with van der Waals surface area (Å²) in [5.41, 5.74) is 1.42. The first-order chi connectivity index (χ1) is 9.29. The molecule has 2 rings (SSSR count). The van der Waals surface area contributed by atoms with E-state index >= 15 is 0 Å². The maximum atomic E-state index is 11.7. The van der Waals surface area contributed by atoms with E-state index in [1.165, 1.54) is 12.5 Å². The Labute approximate surface area is 115 Å². The number of amides is 1. The van der Waals surface area contributed by atoms with Crippen LogP contribution in [-0.2, 0) is 6.54 Å². The minimum absolute atomic E-state index is 0.0742. The smallest absolute Gasteiger partial charge is 0.254 e. The Hall–Kier alpha value is -2.03. The number of nitrogens with one attached hydrogen (secondary N) is 1. The van der Waals surface area contributed by atoms with Crippen molar-refractivity contribution in [3.8, 4) is 11.8 Å². The molecule has 0 aliphatic carbocycles. The Morgan fingerprint density at radius 1 is 1.53 bits per heavy atom. The van der Waals surface area contributed by atoms with E-state index in [0.29, 0.717) is 18.5 Å². The topological polar surface area (TPSA) is 62.5 Å². The number of thiophene rings is 1. The Morgan fingerprint density at radius 3 is 3.16 bits per heavy atom. The lowest BCUT2D eigenvalue weighted by atomic mass is 10.3. The maximum absolute atomic E-state index is 11.7. The van der Waals surface area contributed by atoms with Crippen LogP contribution in [0.3, 0.4) is 0 Å². The summed E-state index contributed by atoms with van der Waals surface area (Å²) in [7, 11) is 0. The third-order valence-electron chi connectivity index (χ3n) is 2.33. The van der Waals surface area contributed by atoms with E-state index in [2.05, 4.69) is 17.2 Å². The monoisotopic (exact) mass is 275 g/mol. The molecule has 0 radical (unpaired) electrons. The second-order valence-corrected chi connectivity index (χ2v) is 4.77. The van der Waals surface area contributed by atoms with Crippen LogP contribution >= 0.6 is 11.3 Å². The largest absolute Gasteiger partial charge is 0.472 e. The number of rotatable bonds is 4. The van der Waals surface area contributed by atoms with Gasteiger partial charge in [-0.1, -0.05) is 11.8 Å². The van der Waals surface area contributed by atoms with E-state index in [4.69, 9.17) is 9.52 Å². The minimum Gasteiger partial charge on any atom is -0.472 e. The summed E-state index contributed by atoms with van der Waals surface area (Å²) in [6.45, 7) is 0.543. The van der Waals surface area contributed by atoms with Crippen LogP contribution < -0.4 is 5.32 Å². The van der Waals surface area contributed by atoms with Gasteiger partial charge in [0.1, 0.15) is 6.26 Å². The third-order valence-corrected chi connectivity index (χ3v) is 3.27. The van der Waals surface area contributed by atoms with Gasteiger partial charge in [-0.15, -0.1) is 11.3 Å². The fourth-order valence-corrected chi connectivity index (χ4v) is 2.18. The Morgan fingerprint density at radius 2 is 2.42 bits per heavy atom. The Balaban J connectivity index is 1.87. The highest BCUT2D eigenvalue weighted by atomic mass is 32.1. The average Bonchev–Trinajstić information content (AvgIpc) is 3.08. The van der Waals surface area contributed by atoms with Crippen molar-refractivity contribution < 1.29 is 14.3 Å². The zero-order valence-corrected chi connectivity index (χ0v) is 11.0. The second-order valence-electron chi connectivity index (χ2n) is 3.77. The molecule has 2 N–H and O–H groups in total. The van der Waals surface area contributed by atoms with Gasteiger partial charge < -0.3 is 14.8 Å². The summed E-state index contributed by atoms with van der Waals surface area (Å²) < 4.78 is 4.85. The van der Waals surface area contributed by atoms with Crippen LogP contribution in [0.25, 0.3) is 0 Å². The molecule has 0 aliphatic heterocycles. The summed E-state index contributed by atoms with van der Waals surface area (Å²) in [6.07, 6.45) is 3.35. The molecule has 98 valence electrons. The predicted molar refractivity (Wildman–Crippen MR) is 72.8 cm³/mol. The van der Waals surface area contributed by atoms with Gasteiger partial charge in [0, 0.05) is 22.2 Å². The molecule has 0 unspecified atom stereocenters. The van der Waals surface area contributed by atoms with Gasteiger partial charge in [-0.05, 0) is 12.1 Å². The molecule has 4 nitrogen and oxygen atoms in total. The van der Waals surface area contributed by atoms with Crippen molar-refractivity contribution in [2.45, 2.75) is 13.0 Å². The Kier molecular flexibility index (Phi) is 4.78. The van der Waals surface area contributed by atoms with Crippen molar-refractivity contribution in [1.82, 2.24) is 5.32 Å². The molecule has 2 aromatic rings. The number of aliphatic hydroxyl groups excluding tert-OH is 1. The van der Waals surface area contributed by atoms with Crippen molar-refractivity contribution in [3.05, 3.63) is 46.0 Å². The molecule has 2 aromatic heterocycles. The van der Waals surface area contributed by atoms with Crippen LogP contribution in [-0.4, -0.2) is 17.6 Å². The molecular formula is C14H13NO3S. The first kappa shape index (κ1) is 13.4. The van der Waals surface area contributed by atoms with Crippen LogP contribution in [0.15, 0.2) is 34.5 Å². The number of hydrogen-bond donors (Lipinski definition) is 2. The summed E-state index contributed by atoms with van der Waals surface area (Å²) in [6, 6.07) is 3.56. The number of carbonyl (C=O) groups is 1. The number of carbonyl (C=O) groups excluding carboxylic acids is 1. The fraction of sp³-hybridized carbons (Fsp3) is 0.214. The van der Waals surface area contributed by atoms with Crippen LogP contribution in [0.2, 0.25) is 0 Å². The van der Waals surface area contributed by atoms with Crippen molar-refractivity contribution in [3.63, 3.8) is 0 Å². The first-order valence-corrected chi connectivity index (χ1v) is 6.65. The summed E-state index contributed by atoms with van der Waals surface area (Å²) >= 11 is 1.54. The molecule has 2 heterocycles. The lowest BCUT2D eigenvalue weighted by Gasteiger charge is -2.00. The van der Waals surface area contributed by atoms with E-state index in [-0.39, 0.29) is 12.5 Å². The summed E-state index contributed by atoms with van der Waals surface area (Å²) in [5, 5.41) is 13.4. The lowest BCUT2D eigenvalue weighted by molar-refractivity contribution is 0.0950. The van der Waals surface area contributed by atoms with Crippen LogP contribution in [0.5, 0.6) is 0 Å². The standard InChI is InChI=1S/C14H13NO3S/c16-5-2-1-3-11-7-13(19-10-11)8-15-14(17)12-4-6-18-9-12/h4,6-7,9-10,16H,2,5,8H2,(H,15,17). The molecule has 0 aliphatic rings. The van der Waals surface area contributed by atoms with Gasteiger partial charge in [-0.3, -0.25) is 4.79 Å². The van der Waals surface area contributed by atoms with Gasteiger partial charge in [0.25, 0.3) is 5.91 Å². The van der Waals surface area contributed by atoms with Gasteiger partial charge in [0.2, 0.25) is 0 Å². The highest BCUT2D eigenvalue weighted by Crippen LogP contribution is 2.13. The zero-order valence-electron chi connectivity index (χ0n) is 10.2. The predicted octanol–water partition coefficient (Wildman–Crippen LogP) is 2.00. The van der Waals surface area contributed by atoms with Crippen molar-refractivity contribution in [2.24, 2.45) is 0 Å². The van der Waals surface area contributed by atoms with Crippen molar-refractivity contribution >= 4 is 17.2 Å². The maximum Gasteiger partial charge on any atom is 0.254 e. The second kappa shape index (κ2) is 6.78. The first-order valence-electron chi connectivity index (χ1n) is 5.77. The molecule has 0 aromatic carbocycles. The van der Waals surface area contributed by atoms with E-state index in [0.717, 1.165) is 10.4 Å².